The van der Waals surface area contributed by atoms with E-state index in [9.17, 15) is 28.8 Å². The van der Waals surface area contributed by atoms with Crippen LogP contribution in [-0.2, 0) is 9.59 Å². The van der Waals surface area contributed by atoms with Gasteiger partial charge in [0.15, 0.2) is 11.5 Å². The molecule has 5 saturated heterocycles. The molecule has 5 fully saturated rings. The first-order valence-corrected chi connectivity index (χ1v) is 21.4. The smallest absolute Gasteiger partial charge is 0.320 e. The van der Waals surface area contributed by atoms with Crippen molar-refractivity contribution >= 4 is 64.3 Å². The highest BCUT2D eigenvalue weighted by Gasteiger charge is 2.45. The lowest BCUT2D eigenvalue weighted by Crippen LogP contribution is -2.54. The van der Waals surface area contributed by atoms with Crippen molar-refractivity contribution in [3.05, 3.63) is 65.5 Å². The molecule has 0 bridgehead atoms. The second-order valence-corrected chi connectivity index (χ2v) is 17.0. The SMILES string of the molecule is CN1CCN([C@@H]2CCCN(c3cnc(C(N)=O)c(Nc4ccc(N5CCN(C[C@@H]6CCCN(c7ccc8c(c7)C(=O)N(C7CCC(=O)NC7=O)C8=O)C6)CC5)cc4)n3)C2)C1=O. The van der Waals surface area contributed by atoms with E-state index in [1.54, 1.807) is 23.2 Å². The number of hydrogen-bond donors (Lipinski definition) is 3. The van der Waals surface area contributed by atoms with E-state index in [1.807, 2.05) is 30.1 Å². The van der Waals surface area contributed by atoms with Crippen LogP contribution in [0.3, 0.4) is 0 Å². The minimum atomic E-state index is -0.982. The molecule has 320 valence electrons. The highest BCUT2D eigenvalue weighted by molar-refractivity contribution is 6.23. The molecular weight excluding hydrogens is 781 g/mol. The van der Waals surface area contributed by atoms with Crippen LogP contribution in [0.15, 0.2) is 48.7 Å². The van der Waals surface area contributed by atoms with Crippen LogP contribution in [0.5, 0.6) is 0 Å². The molecule has 61 heavy (non-hydrogen) atoms. The number of hydrogen-bond acceptors (Lipinski definition) is 13. The van der Waals surface area contributed by atoms with Crippen LogP contribution in [0.4, 0.5) is 33.5 Å². The number of primary amides is 1. The summed E-state index contributed by atoms with van der Waals surface area (Å²) in [5.74, 6) is -1.29. The molecule has 0 saturated carbocycles. The van der Waals surface area contributed by atoms with E-state index in [0.717, 1.165) is 107 Å². The number of rotatable bonds is 10. The number of aromatic nitrogens is 2. The Hall–Kier alpha value is -6.30. The Kier molecular flexibility index (Phi) is 10.9. The summed E-state index contributed by atoms with van der Waals surface area (Å²) < 4.78 is 0. The summed E-state index contributed by atoms with van der Waals surface area (Å²) in [6.45, 7) is 9.12. The molecule has 7 amide bonds. The van der Waals surface area contributed by atoms with Crippen molar-refractivity contribution in [2.24, 2.45) is 11.7 Å². The van der Waals surface area contributed by atoms with Gasteiger partial charge in [-0.2, -0.15) is 0 Å². The fourth-order valence-corrected chi connectivity index (χ4v) is 9.77. The standard InChI is InChI=1S/C43H52N12O6/c1-49-16-21-54(43(49)61)31-5-3-15-53(26-31)35-23-45-37(38(44)57)39(47-35)46-28-6-8-29(9-7-28)51-19-17-50(18-20-51)24-27-4-2-14-52(25-27)30-10-11-32-33(22-30)42(60)55(41(32)59)34-12-13-36(56)48-40(34)58/h6-11,22-23,27,31,34H,2-5,12-21,24-26H2,1H3,(H2,44,57)(H,46,47)(H,48,56,58)/t27-,31+,34?/m0/s1. The lowest BCUT2D eigenvalue weighted by Gasteiger charge is -2.40. The highest BCUT2D eigenvalue weighted by Crippen LogP contribution is 2.33. The summed E-state index contributed by atoms with van der Waals surface area (Å²) in [6, 6.07) is 12.6. The number of likely N-dealkylation sites (N-methyl/N-ethyl adjacent to an activating group) is 1. The van der Waals surface area contributed by atoms with E-state index < -0.39 is 35.6 Å². The van der Waals surface area contributed by atoms with Gasteiger partial charge in [-0.25, -0.2) is 14.8 Å². The molecule has 2 aromatic carbocycles. The summed E-state index contributed by atoms with van der Waals surface area (Å²) in [4.78, 5) is 99.1. The number of nitrogens with two attached hydrogens (primary N) is 1. The number of piperidine rings is 3. The molecule has 0 radical (unpaired) electrons. The van der Waals surface area contributed by atoms with Crippen LogP contribution in [-0.4, -0.2) is 156 Å². The fraction of sp³-hybridized carbons (Fsp3) is 0.488. The number of carbonyl (C=O) groups excluding carboxylic acids is 6. The molecule has 7 heterocycles. The molecule has 1 unspecified atom stereocenters. The van der Waals surface area contributed by atoms with Gasteiger partial charge in [-0.1, -0.05) is 0 Å². The maximum Gasteiger partial charge on any atom is 0.320 e. The Bertz CT molecular complexity index is 2250. The first-order chi connectivity index (χ1) is 29.5. The second-order valence-electron chi connectivity index (χ2n) is 17.0. The Morgan fingerprint density at radius 1 is 0.803 bits per heavy atom. The number of amides is 7. The molecule has 18 nitrogen and oxygen atoms in total. The van der Waals surface area contributed by atoms with E-state index in [2.05, 4.69) is 47.3 Å². The van der Waals surface area contributed by atoms with E-state index in [-0.39, 0.29) is 30.6 Å². The third-order valence-electron chi connectivity index (χ3n) is 13.1. The number of carbonyl (C=O) groups is 6. The monoisotopic (exact) mass is 832 g/mol. The van der Waals surface area contributed by atoms with Crippen LogP contribution in [0.1, 0.15) is 69.7 Å². The van der Waals surface area contributed by atoms with Crippen molar-refractivity contribution in [2.75, 3.05) is 99.1 Å². The number of benzene rings is 2. The van der Waals surface area contributed by atoms with Crippen molar-refractivity contribution in [2.45, 2.75) is 50.6 Å². The number of imide groups is 2. The number of urea groups is 1. The zero-order valence-corrected chi connectivity index (χ0v) is 34.4. The Balaban J connectivity index is 0.781. The minimum absolute atomic E-state index is 0.0565. The fourth-order valence-electron chi connectivity index (χ4n) is 9.77. The van der Waals surface area contributed by atoms with Gasteiger partial charge >= 0.3 is 6.03 Å². The van der Waals surface area contributed by atoms with Crippen molar-refractivity contribution in [3.63, 3.8) is 0 Å². The Morgan fingerprint density at radius 3 is 2.28 bits per heavy atom. The lowest BCUT2D eigenvalue weighted by molar-refractivity contribution is -0.136. The first-order valence-electron chi connectivity index (χ1n) is 21.4. The van der Waals surface area contributed by atoms with Crippen molar-refractivity contribution in [1.82, 2.24) is 34.9 Å². The Morgan fingerprint density at radius 2 is 1.54 bits per heavy atom. The molecule has 0 aliphatic carbocycles. The van der Waals surface area contributed by atoms with Crippen LogP contribution >= 0.6 is 0 Å². The van der Waals surface area contributed by atoms with Gasteiger partial charge < -0.3 is 35.6 Å². The molecule has 1 aromatic heterocycles. The third-order valence-corrected chi connectivity index (χ3v) is 13.1. The second kappa shape index (κ2) is 16.6. The van der Waals surface area contributed by atoms with Crippen LogP contribution < -0.4 is 31.1 Å². The van der Waals surface area contributed by atoms with Crippen LogP contribution in [0, 0.1) is 5.92 Å². The van der Waals surface area contributed by atoms with Crippen LogP contribution in [0.2, 0.25) is 0 Å². The van der Waals surface area contributed by atoms with E-state index in [4.69, 9.17) is 10.7 Å². The van der Waals surface area contributed by atoms with Gasteiger partial charge in [-0.05, 0) is 80.5 Å². The molecule has 9 rings (SSSR count). The van der Waals surface area contributed by atoms with Crippen LogP contribution in [0.25, 0.3) is 0 Å². The average Bonchev–Trinajstić information content (AvgIpc) is 3.73. The van der Waals surface area contributed by atoms with E-state index >= 15 is 0 Å². The topological polar surface area (TPSA) is 201 Å². The molecule has 18 heteroatoms. The Labute approximate surface area is 354 Å². The lowest BCUT2D eigenvalue weighted by atomic mass is 9.96. The summed E-state index contributed by atoms with van der Waals surface area (Å²) in [5, 5.41) is 5.54. The van der Waals surface area contributed by atoms with Crippen molar-refractivity contribution in [3.8, 4) is 0 Å². The molecular formula is C43H52N12O6. The molecule has 0 spiro atoms. The van der Waals surface area contributed by atoms with Gasteiger partial charge in [0.2, 0.25) is 11.8 Å². The number of nitrogens with one attached hydrogen (secondary N) is 2. The molecule has 6 aliphatic heterocycles. The number of anilines is 5. The molecule has 3 aromatic rings. The summed E-state index contributed by atoms with van der Waals surface area (Å²) in [5.41, 5.74) is 9.13. The van der Waals surface area contributed by atoms with Crippen molar-refractivity contribution in [1.29, 1.82) is 0 Å². The number of fused-ring (bicyclic) bond motifs is 1. The maximum atomic E-state index is 13.4. The van der Waals surface area contributed by atoms with E-state index in [0.29, 0.717) is 41.8 Å². The quantitative estimate of drug-likeness (QED) is 0.251. The van der Waals surface area contributed by atoms with Gasteiger partial charge in [0.05, 0.1) is 23.4 Å². The summed E-state index contributed by atoms with van der Waals surface area (Å²) >= 11 is 0. The van der Waals surface area contributed by atoms with Gasteiger partial charge in [0, 0.05) is 103 Å². The highest BCUT2D eigenvalue weighted by atomic mass is 16.2. The summed E-state index contributed by atoms with van der Waals surface area (Å²) in [6.07, 6.45) is 5.77. The van der Waals surface area contributed by atoms with Gasteiger partial charge in [-0.15, -0.1) is 0 Å². The largest absolute Gasteiger partial charge is 0.371 e. The molecule has 3 atom stereocenters. The third kappa shape index (κ3) is 8.03. The van der Waals surface area contributed by atoms with Crippen molar-refractivity contribution < 1.29 is 28.8 Å². The van der Waals surface area contributed by atoms with E-state index in [1.165, 1.54) is 0 Å². The normalized spacial score (nSPS) is 23.8. The molecule has 4 N–H and O–H groups in total. The first kappa shape index (κ1) is 40.1. The van der Waals surface area contributed by atoms with Gasteiger partial charge in [0.25, 0.3) is 17.7 Å². The molecule has 6 aliphatic rings. The zero-order chi connectivity index (χ0) is 42.4. The predicted octanol–water partition coefficient (Wildman–Crippen LogP) is 2.10. The summed E-state index contributed by atoms with van der Waals surface area (Å²) in [7, 11) is 1.83. The van der Waals surface area contributed by atoms with Gasteiger partial charge in [-0.3, -0.25) is 39.1 Å². The number of nitrogens with zero attached hydrogens (tertiary/aromatic N) is 9. The predicted molar refractivity (Wildman–Crippen MR) is 227 cm³/mol. The number of piperazine rings is 1. The average molecular weight is 833 g/mol. The zero-order valence-electron chi connectivity index (χ0n) is 34.4. The van der Waals surface area contributed by atoms with Gasteiger partial charge in [0.1, 0.15) is 11.9 Å². The minimum Gasteiger partial charge on any atom is -0.371 e. The maximum absolute atomic E-state index is 13.4.